The van der Waals surface area contributed by atoms with E-state index >= 15 is 0 Å². The fourth-order valence-electron chi connectivity index (χ4n) is 2.38. The third-order valence-electron chi connectivity index (χ3n) is 3.54. The Hall–Kier alpha value is -1.87. The van der Waals surface area contributed by atoms with Crippen LogP contribution >= 0.6 is 11.6 Å². The predicted octanol–water partition coefficient (Wildman–Crippen LogP) is 3.93. The molecule has 4 rings (SSSR count). The SMILES string of the molecule is Clc1cc(-c2ccccc2)nc2c(C3CC3)cnn12. The van der Waals surface area contributed by atoms with E-state index in [1.165, 1.54) is 18.4 Å². The van der Waals surface area contributed by atoms with Gasteiger partial charge in [0.15, 0.2) is 5.65 Å². The summed E-state index contributed by atoms with van der Waals surface area (Å²) in [5, 5.41) is 4.94. The van der Waals surface area contributed by atoms with Gasteiger partial charge in [0.1, 0.15) is 5.15 Å². The highest BCUT2D eigenvalue weighted by atomic mass is 35.5. The molecule has 1 fully saturated rings. The Morgan fingerprint density at radius 3 is 2.68 bits per heavy atom. The first-order valence-corrected chi connectivity index (χ1v) is 6.80. The van der Waals surface area contributed by atoms with Gasteiger partial charge >= 0.3 is 0 Å². The summed E-state index contributed by atoms with van der Waals surface area (Å²) in [5.41, 5.74) is 4.10. The highest BCUT2D eigenvalue weighted by molar-refractivity contribution is 6.30. The smallest absolute Gasteiger partial charge is 0.160 e. The van der Waals surface area contributed by atoms with Crippen molar-refractivity contribution in [1.29, 1.82) is 0 Å². The third-order valence-corrected chi connectivity index (χ3v) is 3.81. The Morgan fingerprint density at radius 2 is 1.95 bits per heavy atom. The summed E-state index contributed by atoms with van der Waals surface area (Å²) in [6, 6.07) is 12.0. The number of rotatable bonds is 2. The van der Waals surface area contributed by atoms with Gasteiger partial charge in [-0.15, -0.1) is 0 Å². The van der Waals surface area contributed by atoms with Crippen molar-refractivity contribution in [2.45, 2.75) is 18.8 Å². The summed E-state index contributed by atoms with van der Waals surface area (Å²) in [6.07, 6.45) is 4.37. The van der Waals surface area contributed by atoms with Crippen LogP contribution in [-0.4, -0.2) is 14.6 Å². The topological polar surface area (TPSA) is 30.2 Å². The van der Waals surface area contributed by atoms with E-state index in [0.29, 0.717) is 11.1 Å². The molecule has 1 aromatic carbocycles. The molecule has 3 aromatic rings. The minimum absolute atomic E-state index is 0.607. The van der Waals surface area contributed by atoms with Gasteiger partial charge in [0.2, 0.25) is 0 Å². The molecule has 0 atom stereocenters. The maximum Gasteiger partial charge on any atom is 0.160 e. The molecule has 4 heteroatoms. The lowest BCUT2D eigenvalue weighted by molar-refractivity contribution is 0.941. The van der Waals surface area contributed by atoms with Gasteiger partial charge in [-0.1, -0.05) is 41.9 Å². The van der Waals surface area contributed by atoms with Crippen molar-refractivity contribution in [2.75, 3.05) is 0 Å². The normalized spacial score (nSPS) is 15.0. The van der Waals surface area contributed by atoms with Gasteiger partial charge in [0.25, 0.3) is 0 Å². The monoisotopic (exact) mass is 269 g/mol. The summed E-state index contributed by atoms with van der Waals surface area (Å²) < 4.78 is 1.72. The molecule has 0 bridgehead atoms. The molecule has 94 valence electrons. The molecular weight excluding hydrogens is 258 g/mol. The molecular formula is C15H12ClN3. The van der Waals surface area contributed by atoms with Gasteiger partial charge in [-0.2, -0.15) is 5.10 Å². The lowest BCUT2D eigenvalue weighted by atomic mass is 10.1. The van der Waals surface area contributed by atoms with Crippen LogP contribution in [-0.2, 0) is 0 Å². The van der Waals surface area contributed by atoms with Gasteiger partial charge in [-0.3, -0.25) is 0 Å². The van der Waals surface area contributed by atoms with E-state index in [0.717, 1.165) is 16.9 Å². The molecule has 1 aliphatic rings. The average Bonchev–Trinajstić information content (AvgIpc) is 3.19. The van der Waals surface area contributed by atoms with Crippen molar-refractivity contribution >= 4 is 17.2 Å². The van der Waals surface area contributed by atoms with Crippen LogP contribution in [0.4, 0.5) is 0 Å². The van der Waals surface area contributed by atoms with E-state index in [-0.39, 0.29) is 0 Å². The second-order valence-electron chi connectivity index (χ2n) is 4.94. The quantitative estimate of drug-likeness (QED) is 0.660. The predicted molar refractivity (Wildman–Crippen MR) is 75.4 cm³/mol. The number of hydrogen-bond donors (Lipinski definition) is 0. The van der Waals surface area contributed by atoms with Crippen LogP contribution in [0.15, 0.2) is 42.6 Å². The Labute approximate surface area is 115 Å². The van der Waals surface area contributed by atoms with Gasteiger partial charge in [-0.05, 0) is 18.8 Å². The standard InChI is InChI=1S/C15H12ClN3/c16-14-8-13(11-4-2-1-3-5-11)18-15-12(10-6-7-10)9-17-19(14)15/h1-5,8-10H,6-7H2. The van der Waals surface area contributed by atoms with Gasteiger partial charge in [0, 0.05) is 17.2 Å². The zero-order valence-corrected chi connectivity index (χ0v) is 11.0. The first kappa shape index (κ1) is 11.0. The highest BCUT2D eigenvalue weighted by Gasteiger charge is 2.28. The largest absolute Gasteiger partial charge is 0.228 e. The molecule has 0 aliphatic heterocycles. The number of fused-ring (bicyclic) bond motifs is 1. The molecule has 0 saturated heterocycles. The fourth-order valence-corrected chi connectivity index (χ4v) is 2.61. The van der Waals surface area contributed by atoms with Crippen LogP contribution in [0, 0.1) is 0 Å². The molecule has 0 spiro atoms. The van der Waals surface area contributed by atoms with Crippen molar-refractivity contribution in [3.8, 4) is 11.3 Å². The lowest BCUT2D eigenvalue weighted by Crippen LogP contribution is -1.95. The Bertz CT molecular complexity index is 745. The molecule has 0 unspecified atom stereocenters. The van der Waals surface area contributed by atoms with Gasteiger partial charge in [0.05, 0.1) is 11.9 Å². The van der Waals surface area contributed by atoms with Crippen molar-refractivity contribution < 1.29 is 0 Å². The molecule has 0 radical (unpaired) electrons. The third kappa shape index (κ3) is 1.81. The molecule has 1 saturated carbocycles. The Balaban J connectivity index is 1.95. The maximum atomic E-state index is 6.31. The summed E-state index contributed by atoms with van der Waals surface area (Å²) in [5.74, 6) is 0.618. The van der Waals surface area contributed by atoms with Crippen molar-refractivity contribution in [3.05, 3.63) is 53.3 Å². The highest BCUT2D eigenvalue weighted by Crippen LogP contribution is 2.42. The van der Waals surface area contributed by atoms with Crippen LogP contribution in [0.1, 0.15) is 24.3 Å². The zero-order chi connectivity index (χ0) is 12.8. The second kappa shape index (κ2) is 4.07. The Kier molecular flexibility index (Phi) is 2.35. The molecule has 2 heterocycles. The summed E-state index contributed by atoms with van der Waals surface area (Å²) in [7, 11) is 0. The summed E-state index contributed by atoms with van der Waals surface area (Å²) in [4.78, 5) is 4.74. The molecule has 2 aromatic heterocycles. The Morgan fingerprint density at radius 1 is 1.16 bits per heavy atom. The minimum atomic E-state index is 0.607. The van der Waals surface area contributed by atoms with Crippen molar-refractivity contribution in [1.82, 2.24) is 14.6 Å². The van der Waals surface area contributed by atoms with E-state index in [1.807, 2.05) is 42.6 Å². The minimum Gasteiger partial charge on any atom is -0.228 e. The molecule has 3 nitrogen and oxygen atoms in total. The van der Waals surface area contributed by atoms with Crippen LogP contribution in [0.5, 0.6) is 0 Å². The summed E-state index contributed by atoms with van der Waals surface area (Å²) in [6.45, 7) is 0. The number of nitrogens with zero attached hydrogens (tertiary/aromatic N) is 3. The van der Waals surface area contributed by atoms with Crippen LogP contribution in [0.3, 0.4) is 0 Å². The van der Waals surface area contributed by atoms with Crippen LogP contribution in [0.2, 0.25) is 5.15 Å². The maximum absolute atomic E-state index is 6.31. The number of benzene rings is 1. The second-order valence-corrected chi connectivity index (χ2v) is 5.33. The van der Waals surface area contributed by atoms with E-state index in [1.54, 1.807) is 4.52 Å². The molecule has 1 aliphatic carbocycles. The molecule has 0 N–H and O–H groups in total. The van der Waals surface area contributed by atoms with E-state index in [9.17, 15) is 0 Å². The van der Waals surface area contributed by atoms with Crippen molar-refractivity contribution in [3.63, 3.8) is 0 Å². The lowest BCUT2D eigenvalue weighted by Gasteiger charge is -2.04. The zero-order valence-electron chi connectivity index (χ0n) is 10.3. The summed E-state index contributed by atoms with van der Waals surface area (Å²) >= 11 is 6.31. The van der Waals surface area contributed by atoms with E-state index in [4.69, 9.17) is 16.6 Å². The van der Waals surface area contributed by atoms with Crippen molar-refractivity contribution in [2.24, 2.45) is 0 Å². The van der Waals surface area contributed by atoms with Gasteiger partial charge in [-0.25, -0.2) is 9.50 Å². The van der Waals surface area contributed by atoms with E-state index in [2.05, 4.69) is 5.10 Å². The van der Waals surface area contributed by atoms with E-state index < -0.39 is 0 Å². The van der Waals surface area contributed by atoms with Crippen LogP contribution < -0.4 is 0 Å². The number of hydrogen-bond acceptors (Lipinski definition) is 2. The molecule has 19 heavy (non-hydrogen) atoms. The first-order valence-electron chi connectivity index (χ1n) is 6.42. The number of halogens is 1. The fraction of sp³-hybridized carbons (Fsp3) is 0.200. The molecule has 0 amide bonds. The van der Waals surface area contributed by atoms with Crippen LogP contribution in [0.25, 0.3) is 16.9 Å². The average molecular weight is 270 g/mol. The number of aromatic nitrogens is 3. The first-order chi connectivity index (χ1) is 9.33. The van der Waals surface area contributed by atoms with Gasteiger partial charge < -0.3 is 0 Å².